The number of rotatable bonds is 6. The van der Waals surface area contributed by atoms with E-state index >= 15 is 0 Å². The minimum absolute atomic E-state index is 0.219. The number of unbranched alkanes of at least 4 members (excludes halogenated alkanes) is 2. The molecule has 17 heavy (non-hydrogen) atoms. The van der Waals surface area contributed by atoms with Crippen molar-refractivity contribution in [2.75, 3.05) is 13.2 Å². The lowest BCUT2D eigenvalue weighted by molar-refractivity contribution is -0.182. The van der Waals surface area contributed by atoms with Crippen LogP contribution in [0.1, 0.15) is 44.9 Å². The van der Waals surface area contributed by atoms with E-state index in [-0.39, 0.29) is 25.5 Å². The van der Waals surface area contributed by atoms with E-state index in [2.05, 4.69) is 5.32 Å². The first-order chi connectivity index (χ1) is 8.04. The second-order valence-electron chi connectivity index (χ2n) is 4.83. The van der Waals surface area contributed by atoms with E-state index in [1.807, 2.05) is 0 Å². The van der Waals surface area contributed by atoms with Crippen molar-refractivity contribution >= 4 is 0 Å². The molecule has 5 heteroatoms. The topological polar surface area (TPSA) is 32.3 Å². The Balaban J connectivity index is 2.07. The van der Waals surface area contributed by atoms with Crippen molar-refractivity contribution in [3.8, 4) is 0 Å². The molecule has 0 aliphatic heterocycles. The maximum atomic E-state index is 12.4. The summed E-state index contributed by atoms with van der Waals surface area (Å²) in [6.07, 6.45) is 0.541. The summed E-state index contributed by atoms with van der Waals surface area (Å²) in [5.41, 5.74) is 0. The van der Waals surface area contributed by atoms with Crippen molar-refractivity contribution in [1.82, 2.24) is 5.32 Å². The van der Waals surface area contributed by atoms with Gasteiger partial charge in [-0.05, 0) is 51.5 Å². The quantitative estimate of drug-likeness (QED) is 0.713. The normalized spacial score (nSPS) is 26.1. The molecule has 0 heterocycles. The van der Waals surface area contributed by atoms with Gasteiger partial charge in [0.1, 0.15) is 0 Å². The predicted molar refractivity (Wildman–Crippen MR) is 60.7 cm³/mol. The Morgan fingerprint density at radius 3 is 2.18 bits per heavy atom. The second-order valence-corrected chi connectivity index (χ2v) is 4.83. The Labute approximate surface area is 101 Å². The molecule has 0 radical (unpaired) electrons. The highest BCUT2D eigenvalue weighted by atomic mass is 19.4. The van der Waals surface area contributed by atoms with Gasteiger partial charge < -0.3 is 10.4 Å². The smallest absolute Gasteiger partial charge is 0.391 e. The minimum Gasteiger partial charge on any atom is -0.396 e. The minimum atomic E-state index is -4.01. The highest BCUT2D eigenvalue weighted by Crippen LogP contribution is 2.37. The summed E-state index contributed by atoms with van der Waals surface area (Å²) in [5.74, 6) is -1.09. The lowest BCUT2D eigenvalue weighted by Crippen LogP contribution is -2.37. The fourth-order valence-electron chi connectivity index (χ4n) is 2.34. The van der Waals surface area contributed by atoms with E-state index in [1.54, 1.807) is 0 Å². The average molecular weight is 253 g/mol. The summed E-state index contributed by atoms with van der Waals surface area (Å²) in [4.78, 5) is 0. The Kier molecular flexibility index (Phi) is 6.27. The molecule has 1 aliphatic carbocycles. The summed E-state index contributed by atoms with van der Waals surface area (Å²) in [6.45, 7) is 1.07. The third-order valence-corrected chi connectivity index (χ3v) is 3.46. The van der Waals surface area contributed by atoms with Gasteiger partial charge in [-0.1, -0.05) is 0 Å². The number of alkyl halides is 3. The van der Waals surface area contributed by atoms with Gasteiger partial charge in [0.25, 0.3) is 0 Å². The van der Waals surface area contributed by atoms with Gasteiger partial charge >= 0.3 is 6.18 Å². The van der Waals surface area contributed by atoms with Gasteiger partial charge in [0.2, 0.25) is 0 Å². The Hall–Kier alpha value is -0.290. The summed E-state index contributed by atoms with van der Waals surface area (Å²) < 4.78 is 37.2. The predicted octanol–water partition coefficient (Wildman–Crippen LogP) is 2.86. The van der Waals surface area contributed by atoms with Crippen molar-refractivity contribution in [3.63, 3.8) is 0 Å². The molecule has 2 nitrogen and oxygen atoms in total. The maximum Gasteiger partial charge on any atom is 0.391 e. The maximum absolute atomic E-state index is 12.4. The van der Waals surface area contributed by atoms with Crippen LogP contribution >= 0.6 is 0 Å². The van der Waals surface area contributed by atoms with Gasteiger partial charge in [-0.15, -0.1) is 0 Å². The lowest BCUT2D eigenvalue weighted by atomic mass is 9.85. The van der Waals surface area contributed by atoms with Gasteiger partial charge in [-0.3, -0.25) is 0 Å². The molecule has 2 N–H and O–H groups in total. The van der Waals surface area contributed by atoms with Crippen molar-refractivity contribution < 1.29 is 18.3 Å². The Morgan fingerprint density at radius 2 is 1.65 bits per heavy atom. The highest BCUT2D eigenvalue weighted by molar-refractivity contribution is 4.80. The van der Waals surface area contributed by atoms with Crippen LogP contribution in [0.25, 0.3) is 0 Å². The standard InChI is InChI=1S/C12H22F3NO/c13-12(14,15)10-4-6-11(7-5-10)16-8-2-1-3-9-17/h10-11,16-17H,1-9H2. The average Bonchev–Trinajstić information content (AvgIpc) is 2.28. The molecule has 0 aromatic rings. The van der Waals surface area contributed by atoms with E-state index in [4.69, 9.17) is 5.11 Å². The van der Waals surface area contributed by atoms with Crippen LogP contribution in [0.15, 0.2) is 0 Å². The molecule has 102 valence electrons. The molecule has 1 aliphatic rings. The zero-order valence-electron chi connectivity index (χ0n) is 10.1. The fraction of sp³-hybridized carbons (Fsp3) is 1.00. The van der Waals surface area contributed by atoms with Crippen LogP contribution in [-0.2, 0) is 0 Å². The second kappa shape index (κ2) is 7.21. The molecule has 0 aromatic heterocycles. The van der Waals surface area contributed by atoms with Crippen LogP contribution in [-0.4, -0.2) is 30.5 Å². The largest absolute Gasteiger partial charge is 0.396 e. The van der Waals surface area contributed by atoms with Crippen molar-refractivity contribution in [2.45, 2.75) is 57.2 Å². The van der Waals surface area contributed by atoms with Crippen molar-refractivity contribution in [3.05, 3.63) is 0 Å². The number of hydrogen-bond acceptors (Lipinski definition) is 2. The van der Waals surface area contributed by atoms with Gasteiger partial charge in [0.15, 0.2) is 0 Å². The van der Waals surface area contributed by atoms with E-state index in [0.717, 1.165) is 25.8 Å². The first-order valence-electron chi connectivity index (χ1n) is 6.45. The van der Waals surface area contributed by atoms with Crippen molar-refractivity contribution in [2.24, 2.45) is 5.92 Å². The molecule has 0 unspecified atom stereocenters. The molecule has 1 rings (SSSR count). The van der Waals surface area contributed by atoms with Gasteiger partial charge in [-0.25, -0.2) is 0 Å². The molecule has 0 saturated heterocycles. The van der Waals surface area contributed by atoms with Crippen LogP contribution in [0.5, 0.6) is 0 Å². The fourth-order valence-corrected chi connectivity index (χ4v) is 2.34. The number of aliphatic hydroxyl groups excluding tert-OH is 1. The molecule has 0 aromatic carbocycles. The SMILES string of the molecule is OCCCCCNC1CCC(C(F)(F)F)CC1. The van der Waals surface area contributed by atoms with Crippen LogP contribution in [0, 0.1) is 5.92 Å². The monoisotopic (exact) mass is 253 g/mol. The van der Waals surface area contributed by atoms with E-state index in [0.29, 0.717) is 12.8 Å². The zero-order chi connectivity index (χ0) is 12.7. The summed E-state index contributed by atoms with van der Waals surface area (Å²) in [5, 5.41) is 11.9. The first-order valence-corrected chi connectivity index (χ1v) is 6.45. The molecular formula is C12H22F3NO. The van der Waals surface area contributed by atoms with Gasteiger partial charge in [0, 0.05) is 12.6 Å². The molecule has 1 fully saturated rings. The van der Waals surface area contributed by atoms with Crippen LogP contribution in [0.4, 0.5) is 13.2 Å². The van der Waals surface area contributed by atoms with E-state index < -0.39 is 12.1 Å². The van der Waals surface area contributed by atoms with Crippen molar-refractivity contribution in [1.29, 1.82) is 0 Å². The molecule has 0 amide bonds. The summed E-state index contributed by atoms with van der Waals surface area (Å²) >= 11 is 0. The summed E-state index contributed by atoms with van der Waals surface area (Å²) in [6, 6.07) is 0.253. The third-order valence-electron chi connectivity index (χ3n) is 3.46. The molecule has 0 bridgehead atoms. The molecule has 0 spiro atoms. The Bertz CT molecular complexity index is 200. The van der Waals surface area contributed by atoms with E-state index in [9.17, 15) is 13.2 Å². The third kappa shape index (κ3) is 5.73. The summed E-state index contributed by atoms with van der Waals surface area (Å²) in [7, 11) is 0. The zero-order valence-corrected chi connectivity index (χ0v) is 10.1. The number of halogens is 3. The van der Waals surface area contributed by atoms with E-state index in [1.165, 1.54) is 0 Å². The first kappa shape index (κ1) is 14.8. The molecule has 0 atom stereocenters. The van der Waals surface area contributed by atoms with Gasteiger partial charge in [0.05, 0.1) is 5.92 Å². The van der Waals surface area contributed by atoms with Gasteiger partial charge in [-0.2, -0.15) is 13.2 Å². The molecule has 1 saturated carbocycles. The molecular weight excluding hydrogens is 231 g/mol. The number of hydrogen-bond donors (Lipinski definition) is 2. The highest BCUT2D eigenvalue weighted by Gasteiger charge is 2.41. The number of nitrogens with one attached hydrogen (secondary N) is 1. The van der Waals surface area contributed by atoms with Crippen LogP contribution in [0.2, 0.25) is 0 Å². The number of aliphatic hydroxyl groups is 1. The van der Waals surface area contributed by atoms with Crippen LogP contribution in [0.3, 0.4) is 0 Å². The van der Waals surface area contributed by atoms with Crippen LogP contribution < -0.4 is 5.32 Å². The lowest BCUT2D eigenvalue weighted by Gasteiger charge is -2.30. The Morgan fingerprint density at radius 1 is 1.00 bits per heavy atom.